The molecule has 0 fully saturated rings. The van der Waals surface area contributed by atoms with Crippen LogP contribution < -0.4 is 5.32 Å². The van der Waals surface area contributed by atoms with E-state index < -0.39 is 6.10 Å². The van der Waals surface area contributed by atoms with E-state index in [9.17, 15) is 9.50 Å². The number of aliphatic hydroxyl groups is 1. The predicted molar refractivity (Wildman–Crippen MR) is 89.6 cm³/mol. The molecule has 0 radical (unpaired) electrons. The largest absolute Gasteiger partial charge is 0.387 e. The van der Waals surface area contributed by atoms with Crippen LogP contribution in [0.25, 0.3) is 0 Å². The summed E-state index contributed by atoms with van der Waals surface area (Å²) in [6.45, 7) is 1.01. The van der Waals surface area contributed by atoms with Gasteiger partial charge in [0.25, 0.3) is 0 Å². The molecule has 1 aromatic heterocycles. The zero-order valence-corrected chi connectivity index (χ0v) is 13.7. The molecule has 2 rings (SSSR count). The summed E-state index contributed by atoms with van der Waals surface area (Å²) in [5, 5.41) is 13.3. The maximum Gasteiger partial charge on any atom is 0.193 e. The van der Waals surface area contributed by atoms with Crippen LogP contribution in [0.4, 0.5) is 4.39 Å². The van der Waals surface area contributed by atoms with Crippen LogP contribution in [0, 0.1) is 5.82 Å². The molecule has 2 aromatic rings. The molecule has 0 spiro atoms. The highest BCUT2D eigenvalue weighted by Gasteiger charge is 2.12. The topological polar surface area (TPSA) is 52.8 Å². The van der Waals surface area contributed by atoms with Crippen LogP contribution in [0.5, 0.6) is 0 Å². The van der Waals surface area contributed by atoms with E-state index in [-0.39, 0.29) is 5.82 Å². The SMILES string of the molecule is CN=C(NCC(O)c1ccc(F)cc1)N(C)Cc1cccn1C. The number of hydrogen-bond donors (Lipinski definition) is 2. The lowest BCUT2D eigenvalue weighted by Gasteiger charge is -2.23. The van der Waals surface area contributed by atoms with Gasteiger partial charge in [0.1, 0.15) is 5.82 Å². The van der Waals surface area contributed by atoms with Gasteiger partial charge in [-0.05, 0) is 29.8 Å². The van der Waals surface area contributed by atoms with Crippen molar-refractivity contribution in [1.29, 1.82) is 0 Å². The molecule has 124 valence electrons. The second-order valence-corrected chi connectivity index (χ2v) is 5.46. The first-order valence-electron chi connectivity index (χ1n) is 7.46. The van der Waals surface area contributed by atoms with Crippen molar-refractivity contribution in [2.45, 2.75) is 12.6 Å². The summed E-state index contributed by atoms with van der Waals surface area (Å²) in [6, 6.07) is 9.90. The fourth-order valence-corrected chi connectivity index (χ4v) is 2.35. The van der Waals surface area contributed by atoms with Gasteiger partial charge in [-0.1, -0.05) is 12.1 Å². The average molecular weight is 318 g/mol. The van der Waals surface area contributed by atoms with Gasteiger partial charge in [0.2, 0.25) is 0 Å². The van der Waals surface area contributed by atoms with E-state index in [0.29, 0.717) is 24.6 Å². The smallest absolute Gasteiger partial charge is 0.193 e. The van der Waals surface area contributed by atoms with Crippen molar-refractivity contribution in [1.82, 2.24) is 14.8 Å². The molecule has 2 N–H and O–H groups in total. The molecule has 1 atom stereocenters. The first kappa shape index (κ1) is 17.0. The molecule has 6 heteroatoms. The fourth-order valence-electron chi connectivity index (χ4n) is 2.35. The molecule has 0 saturated carbocycles. The second kappa shape index (κ2) is 7.78. The Kier molecular flexibility index (Phi) is 5.76. The zero-order valence-electron chi connectivity index (χ0n) is 13.7. The fraction of sp³-hybridized carbons (Fsp3) is 0.353. The third-order valence-electron chi connectivity index (χ3n) is 3.73. The minimum atomic E-state index is -0.726. The van der Waals surface area contributed by atoms with Gasteiger partial charge in [0, 0.05) is 39.6 Å². The van der Waals surface area contributed by atoms with Gasteiger partial charge in [-0.3, -0.25) is 4.99 Å². The monoisotopic (exact) mass is 318 g/mol. The third kappa shape index (κ3) is 4.56. The van der Waals surface area contributed by atoms with Gasteiger partial charge in [-0.15, -0.1) is 0 Å². The normalized spacial score (nSPS) is 13.0. The molecule has 0 amide bonds. The van der Waals surface area contributed by atoms with E-state index in [1.54, 1.807) is 19.2 Å². The lowest BCUT2D eigenvalue weighted by Crippen LogP contribution is -2.40. The van der Waals surface area contributed by atoms with E-state index in [2.05, 4.69) is 20.9 Å². The first-order chi connectivity index (χ1) is 11.0. The summed E-state index contributed by atoms with van der Waals surface area (Å²) in [5.74, 6) is 0.374. The number of hydrogen-bond acceptors (Lipinski definition) is 2. The van der Waals surface area contributed by atoms with E-state index in [4.69, 9.17) is 0 Å². The van der Waals surface area contributed by atoms with Crippen LogP contribution in [0.2, 0.25) is 0 Å². The number of halogens is 1. The number of benzene rings is 1. The van der Waals surface area contributed by atoms with Crippen LogP contribution in [0.3, 0.4) is 0 Å². The number of aliphatic hydroxyl groups excluding tert-OH is 1. The minimum Gasteiger partial charge on any atom is -0.387 e. The van der Waals surface area contributed by atoms with E-state index in [1.807, 2.05) is 31.3 Å². The molecular formula is C17H23FN4O. The minimum absolute atomic E-state index is 0.301. The van der Waals surface area contributed by atoms with E-state index >= 15 is 0 Å². The summed E-state index contributed by atoms with van der Waals surface area (Å²) in [7, 11) is 5.64. The van der Waals surface area contributed by atoms with Crippen LogP contribution in [0.15, 0.2) is 47.6 Å². The Labute approximate surface area is 136 Å². The van der Waals surface area contributed by atoms with Crippen LogP contribution in [-0.4, -0.2) is 41.2 Å². The average Bonchev–Trinajstić information content (AvgIpc) is 2.93. The summed E-state index contributed by atoms with van der Waals surface area (Å²) < 4.78 is 15.0. The van der Waals surface area contributed by atoms with Crippen molar-refractivity contribution in [3.63, 3.8) is 0 Å². The molecule has 0 saturated heterocycles. The Bertz CT molecular complexity index is 651. The van der Waals surface area contributed by atoms with Crippen molar-refractivity contribution in [3.8, 4) is 0 Å². The number of nitrogens with one attached hydrogen (secondary N) is 1. The molecule has 1 heterocycles. The Morgan fingerprint density at radius 1 is 1.35 bits per heavy atom. The molecule has 0 aliphatic heterocycles. The molecule has 1 aromatic carbocycles. The number of nitrogens with zero attached hydrogens (tertiary/aromatic N) is 3. The van der Waals surface area contributed by atoms with Gasteiger partial charge < -0.3 is 19.9 Å². The number of aryl methyl sites for hydroxylation is 1. The number of guanidine groups is 1. The lowest BCUT2D eigenvalue weighted by molar-refractivity contribution is 0.179. The Morgan fingerprint density at radius 2 is 2.04 bits per heavy atom. The van der Waals surface area contributed by atoms with Gasteiger partial charge in [-0.25, -0.2) is 4.39 Å². The Morgan fingerprint density at radius 3 is 2.61 bits per heavy atom. The number of rotatable bonds is 5. The molecule has 5 nitrogen and oxygen atoms in total. The van der Waals surface area contributed by atoms with Crippen LogP contribution in [-0.2, 0) is 13.6 Å². The molecule has 0 aliphatic carbocycles. The number of aromatic nitrogens is 1. The van der Waals surface area contributed by atoms with Crippen LogP contribution in [0.1, 0.15) is 17.4 Å². The molecule has 1 unspecified atom stereocenters. The molecule has 0 aliphatic rings. The Hall–Kier alpha value is -2.34. The second-order valence-electron chi connectivity index (χ2n) is 5.46. The highest BCUT2D eigenvalue weighted by atomic mass is 19.1. The van der Waals surface area contributed by atoms with Crippen molar-refractivity contribution in [2.75, 3.05) is 20.6 Å². The molecular weight excluding hydrogens is 295 g/mol. The maximum absolute atomic E-state index is 12.9. The lowest BCUT2D eigenvalue weighted by atomic mass is 10.1. The van der Waals surface area contributed by atoms with Gasteiger partial charge in [0.05, 0.1) is 12.6 Å². The van der Waals surface area contributed by atoms with E-state index in [1.165, 1.54) is 12.1 Å². The summed E-state index contributed by atoms with van der Waals surface area (Å²) >= 11 is 0. The van der Waals surface area contributed by atoms with E-state index in [0.717, 1.165) is 5.69 Å². The van der Waals surface area contributed by atoms with Gasteiger partial charge >= 0.3 is 0 Å². The van der Waals surface area contributed by atoms with Crippen molar-refractivity contribution >= 4 is 5.96 Å². The van der Waals surface area contributed by atoms with Gasteiger partial charge in [-0.2, -0.15) is 0 Å². The Balaban J connectivity index is 1.91. The quantitative estimate of drug-likeness (QED) is 0.654. The summed E-state index contributed by atoms with van der Waals surface area (Å²) in [4.78, 5) is 6.21. The summed E-state index contributed by atoms with van der Waals surface area (Å²) in [6.07, 6.45) is 1.27. The van der Waals surface area contributed by atoms with Crippen molar-refractivity contribution in [2.24, 2.45) is 12.0 Å². The summed E-state index contributed by atoms with van der Waals surface area (Å²) in [5.41, 5.74) is 1.83. The predicted octanol–water partition coefficient (Wildman–Crippen LogP) is 1.91. The third-order valence-corrected chi connectivity index (χ3v) is 3.73. The first-order valence-corrected chi connectivity index (χ1v) is 7.46. The number of aliphatic imine (C=N–C) groups is 1. The van der Waals surface area contributed by atoms with Crippen molar-refractivity contribution < 1.29 is 9.50 Å². The highest BCUT2D eigenvalue weighted by molar-refractivity contribution is 5.79. The standard InChI is InChI=1S/C17H23FN4O/c1-19-17(22(3)12-15-5-4-10-21(15)2)20-11-16(23)13-6-8-14(18)9-7-13/h4-10,16,23H,11-12H2,1-3H3,(H,19,20). The maximum atomic E-state index is 12.9. The van der Waals surface area contributed by atoms with Gasteiger partial charge in [0.15, 0.2) is 5.96 Å². The molecule has 23 heavy (non-hydrogen) atoms. The zero-order chi connectivity index (χ0) is 16.8. The van der Waals surface area contributed by atoms with Crippen LogP contribution >= 0.6 is 0 Å². The highest BCUT2D eigenvalue weighted by Crippen LogP contribution is 2.12. The molecule has 0 bridgehead atoms. The van der Waals surface area contributed by atoms with Crippen molar-refractivity contribution in [3.05, 3.63) is 59.7 Å².